The van der Waals surface area contributed by atoms with E-state index in [1.165, 1.54) is 12.5 Å². The smallest absolute Gasteiger partial charge is 0.329 e. The molecule has 1 aromatic carbocycles. The van der Waals surface area contributed by atoms with Crippen LogP contribution in [0, 0.1) is 0 Å². The van der Waals surface area contributed by atoms with Crippen LogP contribution in [0.3, 0.4) is 0 Å². The number of carbonyl (C=O) groups is 3. The Bertz CT molecular complexity index is 1050. The molecule has 0 aliphatic rings. The summed E-state index contributed by atoms with van der Waals surface area (Å²) in [4.78, 5) is 39.3. The first kappa shape index (κ1) is 22.2. The lowest BCUT2D eigenvalue weighted by molar-refractivity contribution is -0.139. The Hall–Kier alpha value is -4.47. The molecule has 0 aliphatic heterocycles. The van der Waals surface area contributed by atoms with Crippen LogP contribution in [-0.2, 0) is 27.5 Å². The second-order valence-electron chi connectivity index (χ2n) is 6.46. The van der Waals surface area contributed by atoms with Crippen molar-refractivity contribution in [3.63, 3.8) is 0 Å². The molecular formula is C22H21N5O5. The van der Waals surface area contributed by atoms with Crippen LogP contribution < -0.4 is 20.8 Å². The molecule has 0 unspecified atom stereocenters. The fourth-order valence-electron chi connectivity index (χ4n) is 2.43. The lowest BCUT2D eigenvalue weighted by Gasteiger charge is -2.07. The molecule has 2 heterocycles. The standard InChI is InChI=1S/C22H21N5O5/c28-20(24-14-19-4-2-10-31-19)15-32-18-7-5-16(6-8-18)13-26-27-22(30)21(29)25-12-17-3-1-9-23-11-17/h1-11,13H,12,14-15H2,(H,24,28)(H,25,29)(H,27,30)/b26-13-. The van der Waals surface area contributed by atoms with Crippen molar-refractivity contribution in [2.45, 2.75) is 13.1 Å². The number of amides is 3. The molecule has 164 valence electrons. The SMILES string of the molecule is O=C(COc1ccc(/C=N\NC(=O)C(=O)NCc2cccnc2)cc1)NCc1ccco1. The Labute approximate surface area is 183 Å². The molecule has 3 amide bonds. The molecule has 3 rings (SSSR count). The molecule has 3 aromatic rings. The normalized spacial score (nSPS) is 10.5. The van der Waals surface area contributed by atoms with E-state index in [2.05, 4.69) is 26.1 Å². The van der Waals surface area contributed by atoms with Gasteiger partial charge in [0.05, 0.1) is 19.0 Å². The topological polar surface area (TPSA) is 135 Å². The molecule has 0 aliphatic carbocycles. The Morgan fingerprint density at radius 3 is 2.56 bits per heavy atom. The lowest BCUT2D eigenvalue weighted by atomic mass is 10.2. The van der Waals surface area contributed by atoms with E-state index >= 15 is 0 Å². The van der Waals surface area contributed by atoms with Gasteiger partial charge in [-0.05, 0) is 53.6 Å². The van der Waals surface area contributed by atoms with E-state index in [-0.39, 0.29) is 25.6 Å². The van der Waals surface area contributed by atoms with E-state index in [0.29, 0.717) is 17.1 Å². The number of nitrogens with one attached hydrogen (secondary N) is 3. The number of ether oxygens (including phenoxy) is 1. The van der Waals surface area contributed by atoms with Crippen LogP contribution in [0.25, 0.3) is 0 Å². The third kappa shape index (κ3) is 7.41. The van der Waals surface area contributed by atoms with Crippen molar-refractivity contribution in [2.75, 3.05) is 6.61 Å². The predicted octanol–water partition coefficient (Wildman–Crippen LogP) is 1.14. The fraction of sp³-hybridized carbons (Fsp3) is 0.136. The molecule has 0 atom stereocenters. The van der Waals surface area contributed by atoms with Gasteiger partial charge in [0.25, 0.3) is 5.91 Å². The number of hydrazone groups is 1. The number of pyridine rings is 1. The van der Waals surface area contributed by atoms with Crippen molar-refractivity contribution in [3.05, 3.63) is 84.1 Å². The summed E-state index contributed by atoms with van der Waals surface area (Å²) in [6.45, 7) is 0.336. The molecule has 3 N–H and O–H groups in total. The van der Waals surface area contributed by atoms with Gasteiger partial charge in [0.2, 0.25) is 0 Å². The van der Waals surface area contributed by atoms with Crippen molar-refractivity contribution in [1.29, 1.82) is 0 Å². The van der Waals surface area contributed by atoms with Gasteiger partial charge in [-0.25, -0.2) is 5.43 Å². The summed E-state index contributed by atoms with van der Waals surface area (Å²) >= 11 is 0. The number of aromatic nitrogens is 1. The third-order valence-electron chi connectivity index (χ3n) is 4.05. The Morgan fingerprint density at radius 2 is 1.84 bits per heavy atom. The lowest BCUT2D eigenvalue weighted by Crippen LogP contribution is -2.37. The molecule has 0 saturated heterocycles. The highest BCUT2D eigenvalue weighted by atomic mass is 16.5. The van der Waals surface area contributed by atoms with Crippen LogP contribution in [-0.4, -0.2) is 35.5 Å². The molecule has 32 heavy (non-hydrogen) atoms. The van der Waals surface area contributed by atoms with Gasteiger partial charge in [0.1, 0.15) is 11.5 Å². The van der Waals surface area contributed by atoms with Crippen LogP contribution in [0.4, 0.5) is 0 Å². The Morgan fingerprint density at radius 1 is 1.00 bits per heavy atom. The van der Waals surface area contributed by atoms with Crippen LogP contribution >= 0.6 is 0 Å². The number of rotatable bonds is 9. The molecule has 0 spiro atoms. The van der Waals surface area contributed by atoms with Crippen molar-refractivity contribution in [2.24, 2.45) is 5.10 Å². The number of hydrogen-bond donors (Lipinski definition) is 3. The molecule has 0 radical (unpaired) electrons. The Kier molecular flexibility index (Phi) is 8.09. The van der Waals surface area contributed by atoms with Crippen LogP contribution in [0.2, 0.25) is 0 Å². The Balaban J connectivity index is 1.36. The second-order valence-corrected chi connectivity index (χ2v) is 6.46. The van der Waals surface area contributed by atoms with E-state index < -0.39 is 11.8 Å². The van der Waals surface area contributed by atoms with Crippen molar-refractivity contribution in [3.8, 4) is 5.75 Å². The minimum atomic E-state index is -0.884. The molecule has 10 nitrogen and oxygen atoms in total. The zero-order valence-electron chi connectivity index (χ0n) is 17.0. The van der Waals surface area contributed by atoms with Crippen LogP contribution in [0.1, 0.15) is 16.9 Å². The van der Waals surface area contributed by atoms with Gasteiger partial charge in [0, 0.05) is 18.9 Å². The highest BCUT2D eigenvalue weighted by Crippen LogP contribution is 2.11. The first-order valence-electron chi connectivity index (χ1n) is 9.62. The molecule has 2 aromatic heterocycles. The molecular weight excluding hydrogens is 414 g/mol. The van der Waals surface area contributed by atoms with Crippen LogP contribution in [0.15, 0.2) is 76.7 Å². The number of furan rings is 1. The quantitative estimate of drug-likeness (QED) is 0.262. The molecule has 10 heteroatoms. The van der Waals surface area contributed by atoms with E-state index in [1.807, 2.05) is 0 Å². The summed E-state index contributed by atoms with van der Waals surface area (Å²) in [7, 11) is 0. The average molecular weight is 435 g/mol. The van der Waals surface area contributed by atoms with E-state index in [9.17, 15) is 14.4 Å². The first-order chi connectivity index (χ1) is 15.6. The van der Waals surface area contributed by atoms with E-state index in [0.717, 1.165) is 5.56 Å². The third-order valence-corrected chi connectivity index (χ3v) is 4.05. The van der Waals surface area contributed by atoms with Gasteiger partial charge >= 0.3 is 11.8 Å². The molecule has 0 saturated carbocycles. The van der Waals surface area contributed by atoms with Gasteiger partial charge in [-0.2, -0.15) is 5.10 Å². The monoisotopic (exact) mass is 435 g/mol. The van der Waals surface area contributed by atoms with Gasteiger partial charge in [-0.3, -0.25) is 19.4 Å². The van der Waals surface area contributed by atoms with E-state index in [4.69, 9.17) is 9.15 Å². The summed E-state index contributed by atoms with van der Waals surface area (Å²) in [5.74, 6) is -0.823. The van der Waals surface area contributed by atoms with Gasteiger partial charge in [-0.15, -0.1) is 0 Å². The summed E-state index contributed by atoms with van der Waals surface area (Å²) in [5.41, 5.74) is 3.59. The molecule has 0 fully saturated rings. The summed E-state index contributed by atoms with van der Waals surface area (Å²) < 4.78 is 10.5. The zero-order valence-corrected chi connectivity index (χ0v) is 17.0. The summed E-state index contributed by atoms with van der Waals surface area (Å²) in [6.07, 6.45) is 6.13. The average Bonchev–Trinajstić information content (AvgIpc) is 3.35. The predicted molar refractivity (Wildman–Crippen MR) is 114 cm³/mol. The van der Waals surface area contributed by atoms with E-state index in [1.54, 1.807) is 60.9 Å². The minimum Gasteiger partial charge on any atom is -0.484 e. The highest BCUT2D eigenvalue weighted by molar-refractivity contribution is 6.35. The largest absolute Gasteiger partial charge is 0.484 e. The van der Waals surface area contributed by atoms with Gasteiger partial charge < -0.3 is 19.8 Å². The van der Waals surface area contributed by atoms with Crippen molar-refractivity contribution >= 4 is 23.9 Å². The zero-order chi connectivity index (χ0) is 22.6. The van der Waals surface area contributed by atoms with Crippen LogP contribution in [0.5, 0.6) is 5.75 Å². The maximum absolute atomic E-state index is 11.8. The van der Waals surface area contributed by atoms with Gasteiger partial charge in [0.15, 0.2) is 6.61 Å². The number of hydrogen-bond acceptors (Lipinski definition) is 7. The van der Waals surface area contributed by atoms with Crippen molar-refractivity contribution < 1.29 is 23.5 Å². The summed E-state index contributed by atoms with van der Waals surface area (Å²) in [5, 5.41) is 8.91. The van der Waals surface area contributed by atoms with Crippen molar-refractivity contribution in [1.82, 2.24) is 21.0 Å². The van der Waals surface area contributed by atoms with Gasteiger partial charge in [-0.1, -0.05) is 6.07 Å². The fourth-order valence-corrected chi connectivity index (χ4v) is 2.43. The second kappa shape index (κ2) is 11.6. The minimum absolute atomic E-state index is 0.141. The maximum atomic E-state index is 11.8. The highest BCUT2D eigenvalue weighted by Gasteiger charge is 2.11. The molecule has 0 bridgehead atoms. The number of nitrogens with zero attached hydrogens (tertiary/aromatic N) is 2. The first-order valence-corrected chi connectivity index (χ1v) is 9.62. The summed E-state index contributed by atoms with van der Waals surface area (Å²) in [6, 6.07) is 13.7. The number of benzene rings is 1. The number of carbonyl (C=O) groups excluding carboxylic acids is 3. The maximum Gasteiger partial charge on any atom is 0.329 e.